The zero-order chi connectivity index (χ0) is 15.5. The molecule has 1 aliphatic rings. The van der Waals surface area contributed by atoms with Gasteiger partial charge in [-0.2, -0.15) is 0 Å². The first-order valence-electron chi connectivity index (χ1n) is 6.61. The number of hydrogen-bond acceptors (Lipinski definition) is 6. The van der Waals surface area contributed by atoms with Crippen molar-refractivity contribution in [2.24, 2.45) is 0 Å². The zero-order valence-electron chi connectivity index (χ0n) is 11.8. The van der Waals surface area contributed by atoms with Crippen molar-refractivity contribution in [3.63, 3.8) is 0 Å². The van der Waals surface area contributed by atoms with Crippen molar-refractivity contribution in [1.29, 1.82) is 0 Å². The van der Waals surface area contributed by atoms with Gasteiger partial charge in [0.05, 0.1) is 11.5 Å². The summed E-state index contributed by atoms with van der Waals surface area (Å²) in [5.41, 5.74) is 0.243. The standard InChI is InChI=1S/C13H18N4O3S/c1-3-5-14-13(18)11-7-12(16-9(2)15-11)17-10-4-6-21(19,20)8-10/h3,7,10H,1,4-6,8H2,2H3,(H,14,18)(H,15,16,17). The summed E-state index contributed by atoms with van der Waals surface area (Å²) in [4.78, 5) is 20.1. The van der Waals surface area contributed by atoms with E-state index in [4.69, 9.17) is 0 Å². The molecule has 2 rings (SSSR count). The van der Waals surface area contributed by atoms with Gasteiger partial charge in [-0.25, -0.2) is 18.4 Å². The van der Waals surface area contributed by atoms with Gasteiger partial charge in [0.1, 0.15) is 17.3 Å². The van der Waals surface area contributed by atoms with Crippen LogP contribution in [-0.2, 0) is 9.84 Å². The van der Waals surface area contributed by atoms with Crippen molar-refractivity contribution in [2.45, 2.75) is 19.4 Å². The van der Waals surface area contributed by atoms with Crippen LogP contribution in [-0.4, -0.2) is 48.4 Å². The summed E-state index contributed by atoms with van der Waals surface area (Å²) in [6.45, 7) is 5.56. The van der Waals surface area contributed by atoms with Gasteiger partial charge in [-0.1, -0.05) is 6.08 Å². The molecule has 1 atom stereocenters. The topological polar surface area (TPSA) is 101 Å². The van der Waals surface area contributed by atoms with E-state index in [0.29, 0.717) is 24.6 Å². The maximum atomic E-state index is 11.9. The van der Waals surface area contributed by atoms with Crippen LogP contribution >= 0.6 is 0 Å². The molecule has 1 aliphatic heterocycles. The smallest absolute Gasteiger partial charge is 0.270 e. The number of hydrogen-bond donors (Lipinski definition) is 2. The second-order valence-corrected chi connectivity index (χ2v) is 7.16. The SMILES string of the molecule is C=CCNC(=O)c1cc(NC2CCS(=O)(=O)C2)nc(C)n1. The molecule has 0 saturated carbocycles. The Morgan fingerprint density at radius 2 is 2.29 bits per heavy atom. The Bertz CT molecular complexity index is 657. The number of nitrogens with zero attached hydrogens (tertiary/aromatic N) is 2. The fourth-order valence-electron chi connectivity index (χ4n) is 2.13. The number of carbonyl (C=O) groups excluding carboxylic acids is 1. The maximum absolute atomic E-state index is 11.9. The fraction of sp³-hybridized carbons (Fsp3) is 0.462. The van der Waals surface area contributed by atoms with Gasteiger partial charge in [-0.15, -0.1) is 6.58 Å². The van der Waals surface area contributed by atoms with Crippen LogP contribution in [0, 0.1) is 6.92 Å². The van der Waals surface area contributed by atoms with Gasteiger partial charge in [-0.05, 0) is 13.3 Å². The van der Waals surface area contributed by atoms with E-state index in [1.807, 2.05) is 0 Å². The number of anilines is 1. The normalized spacial score (nSPS) is 20.0. The summed E-state index contributed by atoms with van der Waals surface area (Å²) in [5.74, 6) is 0.871. The van der Waals surface area contributed by atoms with Crippen molar-refractivity contribution in [2.75, 3.05) is 23.4 Å². The van der Waals surface area contributed by atoms with E-state index in [-0.39, 0.29) is 29.1 Å². The van der Waals surface area contributed by atoms with Crippen LogP contribution in [0.4, 0.5) is 5.82 Å². The molecule has 0 radical (unpaired) electrons. The molecule has 1 aromatic rings. The number of rotatable bonds is 5. The Kier molecular flexibility index (Phi) is 4.56. The Morgan fingerprint density at radius 1 is 1.52 bits per heavy atom. The van der Waals surface area contributed by atoms with Gasteiger partial charge in [0.2, 0.25) is 0 Å². The van der Waals surface area contributed by atoms with E-state index >= 15 is 0 Å². The van der Waals surface area contributed by atoms with Gasteiger partial charge in [0.15, 0.2) is 9.84 Å². The minimum atomic E-state index is -2.96. The lowest BCUT2D eigenvalue weighted by atomic mass is 10.2. The predicted octanol–water partition coefficient (Wildman–Crippen LogP) is 0.300. The van der Waals surface area contributed by atoms with Gasteiger partial charge < -0.3 is 10.6 Å². The highest BCUT2D eigenvalue weighted by molar-refractivity contribution is 7.91. The third-order valence-corrected chi connectivity index (χ3v) is 4.83. The summed E-state index contributed by atoms with van der Waals surface area (Å²) in [6, 6.07) is 1.35. The number of amides is 1. The van der Waals surface area contributed by atoms with Gasteiger partial charge in [0, 0.05) is 18.7 Å². The number of nitrogens with one attached hydrogen (secondary N) is 2. The molecule has 1 saturated heterocycles. The molecule has 8 heteroatoms. The van der Waals surface area contributed by atoms with Crippen molar-refractivity contribution >= 4 is 21.6 Å². The Morgan fingerprint density at radius 3 is 2.90 bits per heavy atom. The molecule has 1 unspecified atom stereocenters. The lowest BCUT2D eigenvalue weighted by Gasteiger charge is -2.12. The van der Waals surface area contributed by atoms with Gasteiger partial charge >= 0.3 is 0 Å². The molecule has 0 aromatic carbocycles. The van der Waals surface area contributed by atoms with Crippen LogP contribution in [0.25, 0.3) is 0 Å². The molecular formula is C13H18N4O3S. The number of carbonyl (C=O) groups is 1. The van der Waals surface area contributed by atoms with Crippen LogP contribution in [0.1, 0.15) is 22.7 Å². The van der Waals surface area contributed by atoms with Gasteiger partial charge in [0.25, 0.3) is 5.91 Å². The summed E-state index contributed by atoms with van der Waals surface area (Å²) in [6.07, 6.45) is 2.12. The van der Waals surface area contributed by atoms with Crippen molar-refractivity contribution < 1.29 is 13.2 Å². The van der Waals surface area contributed by atoms with E-state index in [9.17, 15) is 13.2 Å². The van der Waals surface area contributed by atoms with E-state index in [1.54, 1.807) is 13.0 Å². The summed E-state index contributed by atoms with van der Waals surface area (Å²) in [5, 5.41) is 5.70. The largest absolute Gasteiger partial charge is 0.366 e. The Hall–Kier alpha value is -1.96. The predicted molar refractivity (Wildman–Crippen MR) is 80.0 cm³/mol. The van der Waals surface area contributed by atoms with Crippen LogP contribution in [0.5, 0.6) is 0 Å². The zero-order valence-corrected chi connectivity index (χ0v) is 12.6. The lowest BCUT2D eigenvalue weighted by Crippen LogP contribution is -2.26. The van der Waals surface area contributed by atoms with Crippen LogP contribution in [0.2, 0.25) is 0 Å². The second-order valence-electron chi connectivity index (χ2n) is 4.93. The highest BCUT2D eigenvalue weighted by Gasteiger charge is 2.28. The first kappa shape index (κ1) is 15.4. The molecule has 21 heavy (non-hydrogen) atoms. The van der Waals surface area contributed by atoms with Crippen molar-refractivity contribution in [3.05, 3.63) is 30.2 Å². The molecule has 1 fully saturated rings. The summed E-state index contributed by atoms with van der Waals surface area (Å²) in [7, 11) is -2.96. The molecule has 1 amide bonds. The third kappa shape index (κ3) is 4.25. The molecule has 2 N–H and O–H groups in total. The number of aromatic nitrogens is 2. The van der Waals surface area contributed by atoms with Gasteiger partial charge in [-0.3, -0.25) is 4.79 Å². The van der Waals surface area contributed by atoms with Crippen LogP contribution in [0.15, 0.2) is 18.7 Å². The molecule has 0 spiro atoms. The minimum Gasteiger partial charge on any atom is -0.366 e. The molecule has 7 nitrogen and oxygen atoms in total. The summed E-state index contributed by atoms with van der Waals surface area (Å²) >= 11 is 0. The van der Waals surface area contributed by atoms with Crippen molar-refractivity contribution in [3.8, 4) is 0 Å². The first-order chi connectivity index (χ1) is 9.89. The van der Waals surface area contributed by atoms with E-state index in [2.05, 4.69) is 27.2 Å². The average Bonchev–Trinajstić information content (AvgIpc) is 2.74. The molecule has 0 aliphatic carbocycles. The Labute approximate surface area is 123 Å². The third-order valence-electron chi connectivity index (χ3n) is 3.06. The highest BCUT2D eigenvalue weighted by atomic mass is 32.2. The monoisotopic (exact) mass is 310 g/mol. The Balaban J connectivity index is 2.12. The van der Waals surface area contributed by atoms with Crippen molar-refractivity contribution in [1.82, 2.24) is 15.3 Å². The average molecular weight is 310 g/mol. The van der Waals surface area contributed by atoms with E-state index in [0.717, 1.165) is 0 Å². The minimum absolute atomic E-state index is 0.0913. The molecular weight excluding hydrogens is 292 g/mol. The molecule has 114 valence electrons. The van der Waals surface area contributed by atoms with E-state index in [1.165, 1.54) is 6.07 Å². The number of aryl methyl sites for hydroxylation is 1. The number of sulfone groups is 1. The quantitative estimate of drug-likeness (QED) is 0.759. The van der Waals surface area contributed by atoms with Crippen LogP contribution in [0.3, 0.4) is 0 Å². The van der Waals surface area contributed by atoms with E-state index < -0.39 is 9.84 Å². The summed E-state index contributed by atoms with van der Waals surface area (Å²) < 4.78 is 22.9. The second kappa shape index (κ2) is 6.21. The maximum Gasteiger partial charge on any atom is 0.270 e. The lowest BCUT2D eigenvalue weighted by molar-refractivity contribution is 0.0952. The molecule has 2 heterocycles. The fourth-order valence-corrected chi connectivity index (χ4v) is 3.80. The molecule has 0 bridgehead atoms. The van der Waals surface area contributed by atoms with Crippen LogP contribution < -0.4 is 10.6 Å². The highest BCUT2D eigenvalue weighted by Crippen LogP contribution is 2.16. The molecule has 1 aromatic heterocycles. The first-order valence-corrected chi connectivity index (χ1v) is 8.43.